The van der Waals surface area contributed by atoms with Gasteiger partial charge in [-0.05, 0) is 50.1 Å². The van der Waals surface area contributed by atoms with Crippen molar-refractivity contribution in [2.24, 2.45) is 0 Å². The molecule has 0 aliphatic rings. The number of aryl methyl sites for hydroxylation is 3. The summed E-state index contributed by atoms with van der Waals surface area (Å²) < 4.78 is 40.1. The van der Waals surface area contributed by atoms with Gasteiger partial charge in [-0.2, -0.15) is 0 Å². The number of nitrogens with zero attached hydrogens (tertiary/aromatic N) is 2. The van der Waals surface area contributed by atoms with Crippen molar-refractivity contribution >= 4 is 23.2 Å². The van der Waals surface area contributed by atoms with Gasteiger partial charge in [0, 0.05) is 11.9 Å². The molecule has 5 nitrogen and oxygen atoms in total. The van der Waals surface area contributed by atoms with Crippen molar-refractivity contribution in [3.8, 4) is 0 Å². The number of benzene rings is 2. The Labute approximate surface area is 159 Å². The number of rotatable bonds is 4. The maximum atomic E-state index is 13.8. The number of halogens is 3. The predicted molar refractivity (Wildman–Crippen MR) is 100 cm³/mol. The van der Waals surface area contributed by atoms with E-state index in [0.29, 0.717) is 0 Å². The van der Waals surface area contributed by atoms with Crippen LogP contribution in [0, 0.1) is 38.2 Å². The van der Waals surface area contributed by atoms with Crippen LogP contribution in [0.4, 0.5) is 30.5 Å². The minimum Gasteiger partial charge on any atom is -0.324 e. The van der Waals surface area contributed by atoms with Crippen LogP contribution in [0.15, 0.2) is 36.5 Å². The Bertz CT molecular complexity index is 1050. The Morgan fingerprint density at radius 3 is 2.32 bits per heavy atom. The second kappa shape index (κ2) is 7.67. The number of carbonyl (C=O) groups excluding carboxylic acids is 1. The van der Waals surface area contributed by atoms with Gasteiger partial charge in [0.2, 0.25) is 5.95 Å². The number of carbonyl (C=O) groups is 1. The summed E-state index contributed by atoms with van der Waals surface area (Å²) in [5, 5.41) is 5.25. The van der Waals surface area contributed by atoms with Gasteiger partial charge < -0.3 is 10.6 Å². The van der Waals surface area contributed by atoms with Crippen LogP contribution >= 0.6 is 0 Å². The summed E-state index contributed by atoms with van der Waals surface area (Å²) in [5.74, 6) is -5.09. The van der Waals surface area contributed by atoms with Crippen LogP contribution in [0.2, 0.25) is 0 Å². The summed E-state index contributed by atoms with van der Waals surface area (Å²) >= 11 is 0. The number of nitrogens with one attached hydrogen (secondary N) is 2. The van der Waals surface area contributed by atoms with Crippen molar-refractivity contribution in [1.82, 2.24) is 9.97 Å². The largest absolute Gasteiger partial charge is 0.324 e. The first-order valence-electron chi connectivity index (χ1n) is 8.39. The molecule has 0 fully saturated rings. The highest BCUT2D eigenvalue weighted by Crippen LogP contribution is 2.25. The molecule has 0 spiro atoms. The molecule has 1 aromatic heterocycles. The first kappa shape index (κ1) is 19.3. The minimum atomic E-state index is -1.66. The van der Waals surface area contributed by atoms with E-state index < -0.39 is 29.0 Å². The number of hydrogen-bond acceptors (Lipinski definition) is 4. The lowest BCUT2D eigenvalue weighted by Gasteiger charge is -2.13. The molecule has 2 aromatic carbocycles. The summed E-state index contributed by atoms with van der Waals surface area (Å²) in [5.41, 5.74) is 3.35. The Morgan fingerprint density at radius 2 is 1.64 bits per heavy atom. The summed E-state index contributed by atoms with van der Waals surface area (Å²) in [4.78, 5) is 20.5. The molecule has 0 aliphatic carbocycles. The smallest absolute Gasteiger partial charge is 0.274 e. The van der Waals surface area contributed by atoms with Gasteiger partial charge in [0.15, 0.2) is 17.5 Å². The lowest BCUT2D eigenvalue weighted by molar-refractivity contribution is 0.102. The lowest BCUT2D eigenvalue weighted by Crippen LogP contribution is -2.16. The van der Waals surface area contributed by atoms with Crippen LogP contribution in [0.3, 0.4) is 0 Å². The van der Waals surface area contributed by atoms with Crippen molar-refractivity contribution in [3.63, 3.8) is 0 Å². The third kappa shape index (κ3) is 3.95. The number of hydrogen-bond donors (Lipinski definition) is 2. The molecule has 0 unspecified atom stereocenters. The van der Waals surface area contributed by atoms with E-state index in [-0.39, 0.29) is 11.6 Å². The van der Waals surface area contributed by atoms with E-state index in [1.165, 1.54) is 12.3 Å². The van der Waals surface area contributed by atoms with Crippen LogP contribution in [0.25, 0.3) is 0 Å². The fourth-order valence-corrected chi connectivity index (χ4v) is 2.84. The quantitative estimate of drug-likeness (QED) is 0.631. The lowest BCUT2D eigenvalue weighted by atomic mass is 10.1. The molecule has 8 heteroatoms. The molecule has 2 N–H and O–H groups in total. The number of anilines is 3. The van der Waals surface area contributed by atoms with Gasteiger partial charge in [-0.1, -0.05) is 17.7 Å². The fraction of sp³-hybridized carbons (Fsp3) is 0.150. The van der Waals surface area contributed by atoms with Gasteiger partial charge in [0.1, 0.15) is 5.69 Å². The standard InChI is InChI=1S/C20H17F3N4O/c1-10-8-11(2)18(12(3)9-10)27-20-24-7-6-15(26-20)19(28)25-14-5-4-13(21)16(22)17(14)23/h4-9H,1-3H3,(H,25,28)(H,24,26,27). The Morgan fingerprint density at radius 1 is 0.964 bits per heavy atom. The van der Waals surface area contributed by atoms with Crippen molar-refractivity contribution in [2.45, 2.75) is 20.8 Å². The van der Waals surface area contributed by atoms with Gasteiger partial charge in [-0.25, -0.2) is 23.1 Å². The van der Waals surface area contributed by atoms with Gasteiger partial charge in [-0.15, -0.1) is 0 Å². The van der Waals surface area contributed by atoms with E-state index in [4.69, 9.17) is 0 Å². The summed E-state index contributed by atoms with van der Waals surface area (Å²) in [6, 6.07) is 6.98. The third-order valence-electron chi connectivity index (χ3n) is 4.09. The molecule has 0 bridgehead atoms. The van der Waals surface area contributed by atoms with Crippen LogP contribution < -0.4 is 10.6 Å². The van der Waals surface area contributed by atoms with E-state index >= 15 is 0 Å². The average molecular weight is 386 g/mol. The van der Waals surface area contributed by atoms with Gasteiger partial charge in [0.05, 0.1) is 5.69 Å². The highest BCUT2D eigenvalue weighted by atomic mass is 19.2. The monoisotopic (exact) mass is 386 g/mol. The molecular formula is C20H17F3N4O. The molecule has 3 aromatic rings. The van der Waals surface area contributed by atoms with Gasteiger partial charge in [0.25, 0.3) is 5.91 Å². The molecule has 1 amide bonds. The molecule has 3 rings (SSSR count). The van der Waals surface area contributed by atoms with E-state index in [1.807, 2.05) is 32.9 Å². The molecule has 1 heterocycles. The summed E-state index contributed by atoms with van der Waals surface area (Å²) in [7, 11) is 0. The Balaban J connectivity index is 1.84. The third-order valence-corrected chi connectivity index (χ3v) is 4.09. The Kier molecular flexibility index (Phi) is 5.30. The first-order valence-corrected chi connectivity index (χ1v) is 8.39. The van der Waals surface area contributed by atoms with E-state index in [0.717, 1.165) is 34.5 Å². The van der Waals surface area contributed by atoms with Crippen LogP contribution in [0.1, 0.15) is 27.2 Å². The zero-order chi connectivity index (χ0) is 20.4. The zero-order valence-corrected chi connectivity index (χ0v) is 15.4. The summed E-state index contributed by atoms with van der Waals surface area (Å²) in [6.07, 6.45) is 1.37. The molecule has 0 aliphatic heterocycles. The topological polar surface area (TPSA) is 66.9 Å². The van der Waals surface area contributed by atoms with Crippen molar-refractivity contribution in [2.75, 3.05) is 10.6 Å². The second-order valence-corrected chi connectivity index (χ2v) is 6.34. The maximum absolute atomic E-state index is 13.8. The number of amides is 1. The average Bonchev–Trinajstić information content (AvgIpc) is 2.65. The molecule has 0 radical (unpaired) electrons. The van der Waals surface area contributed by atoms with Crippen LogP contribution in [0.5, 0.6) is 0 Å². The first-order chi connectivity index (χ1) is 13.3. The van der Waals surface area contributed by atoms with E-state index in [9.17, 15) is 18.0 Å². The van der Waals surface area contributed by atoms with Gasteiger partial charge >= 0.3 is 0 Å². The Hall–Kier alpha value is -3.42. The van der Waals surface area contributed by atoms with Crippen LogP contribution in [-0.2, 0) is 0 Å². The van der Waals surface area contributed by atoms with Crippen molar-refractivity contribution in [3.05, 3.63) is 76.4 Å². The van der Waals surface area contributed by atoms with Crippen LogP contribution in [-0.4, -0.2) is 15.9 Å². The van der Waals surface area contributed by atoms with E-state index in [1.54, 1.807) is 0 Å². The van der Waals surface area contributed by atoms with E-state index in [2.05, 4.69) is 20.6 Å². The molecule has 0 atom stereocenters. The van der Waals surface area contributed by atoms with Crippen molar-refractivity contribution < 1.29 is 18.0 Å². The fourth-order valence-electron chi connectivity index (χ4n) is 2.84. The summed E-state index contributed by atoms with van der Waals surface area (Å²) in [6.45, 7) is 5.86. The molecule has 0 saturated carbocycles. The second-order valence-electron chi connectivity index (χ2n) is 6.34. The zero-order valence-electron chi connectivity index (χ0n) is 15.4. The maximum Gasteiger partial charge on any atom is 0.274 e. The molecule has 28 heavy (non-hydrogen) atoms. The molecular weight excluding hydrogens is 369 g/mol. The van der Waals surface area contributed by atoms with Gasteiger partial charge in [-0.3, -0.25) is 4.79 Å². The molecule has 0 saturated heterocycles. The predicted octanol–water partition coefficient (Wildman–Crippen LogP) is 4.82. The SMILES string of the molecule is Cc1cc(C)c(Nc2nccc(C(=O)Nc3ccc(F)c(F)c3F)n2)c(C)c1. The highest BCUT2D eigenvalue weighted by molar-refractivity contribution is 6.03. The normalized spacial score (nSPS) is 10.6. The van der Waals surface area contributed by atoms with Crippen molar-refractivity contribution in [1.29, 1.82) is 0 Å². The minimum absolute atomic E-state index is 0.0657. The highest BCUT2D eigenvalue weighted by Gasteiger charge is 2.17. The number of aromatic nitrogens is 2. The molecule has 144 valence electrons.